The number of hydrogen-bond acceptors (Lipinski definition) is 5. The third-order valence-corrected chi connectivity index (χ3v) is 3.46. The summed E-state index contributed by atoms with van der Waals surface area (Å²) in [6.45, 7) is 5.29. The summed E-state index contributed by atoms with van der Waals surface area (Å²) in [5.41, 5.74) is 4.60. The van der Waals surface area contributed by atoms with E-state index >= 15 is 0 Å². The quantitative estimate of drug-likeness (QED) is 0.671. The first-order valence-electron chi connectivity index (χ1n) is 3.82. The second kappa shape index (κ2) is 3.09. The van der Waals surface area contributed by atoms with E-state index in [0.29, 0.717) is 0 Å². The van der Waals surface area contributed by atoms with E-state index in [1.54, 1.807) is 20.8 Å². The predicted molar refractivity (Wildman–Crippen MR) is 43.5 cm³/mol. The van der Waals surface area contributed by atoms with E-state index in [2.05, 4.69) is 0 Å². The van der Waals surface area contributed by atoms with Crippen molar-refractivity contribution in [3.05, 3.63) is 0 Å². The van der Waals surface area contributed by atoms with Crippen LogP contribution in [0.2, 0.25) is 0 Å². The van der Waals surface area contributed by atoms with Gasteiger partial charge in [-0.05, 0) is 20.8 Å². The number of phosphoric acid groups is 1. The number of nitrogens with two attached hydrogens (primary N) is 1. The molecular formula is C6H14NO4P. The summed E-state index contributed by atoms with van der Waals surface area (Å²) in [6.07, 6.45) is -0.421. The van der Waals surface area contributed by atoms with Gasteiger partial charge >= 0.3 is 7.82 Å². The highest BCUT2D eigenvalue weighted by molar-refractivity contribution is 7.48. The highest BCUT2D eigenvalue weighted by atomic mass is 31.2. The molecule has 0 aromatic carbocycles. The summed E-state index contributed by atoms with van der Waals surface area (Å²) in [5.74, 6) is 0. The first-order chi connectivity index (χ1) is 5.40. The molecule has 3 unspecified atom stereocenters. The summed E-state index contributed by atoms with van der Waals surface area (Å²) < 4.78 is 26.3. The van der Waals surface area contributed by atoms with Crippen molar-refractivity contribution in [3.63, 3.8) is 0 Å². The maximum absolute atomic E-state index is 11.5. The van der Waals surface area contributed by atoms with Crippen LogP contribution < -0.4 is 5.73 Å². The number of phosphoric ester groups is 1. The van der Waals surface area contributed by atoms with E-state index in [1.165, 1.54) is 0 Å². The molecule has 2 N–H and O–H groups in total. The molecule has 0 aromatic rings. The molecule has 0 aromatic heterocycles. The van der Waals surface area contributed by atoms with E-state index in [9.17, 15) is 4.57 Å². The second-order valence-electron chi connectivity index (χ2n) is 2.89. The van der Waals surface area contributed by atoms with Gasteiger partial charge in [-0.1, -0.05) is 0 Å². The third kappa shape index (κ3) is 1.87. The van der Waals surface area contributed by atoms with E-state index in [-0.39, 0.29) is 6.61 Å². The molecule has 0 aliphatic carbocycles. The van der Waals surface area contributed by atoms with Gasteiger partial charge in [0.2, 0.25) is 0 Å². The molecule has 1 heterocycles. The average Bonchev–Trinajstić information content (AvgIpc) is 2.02. The SMILES string of the molecule is CCOP1(=O)OC(C)C(C)(N)O1. The molecule has 1 saturated heterocycles. The van der Waals surface area contributed by atoms with E-state index in [0.717, 1.165) is 0 Å². The Morgan fingerprint density at radius 2 is 2.33 bits per heavy atom. The first-order valence-corrected chi connectivity index (χ1v) is 5.28. The molecule has 0 radical (unpaired) electrons. The zero-order valence-corrected chi connectivity index (χ0v) is 8.34. The molecule has 0 spiro atoms. The Morgan fingerprint density at radius 3 is 2.67 bits per heavy atom. The first kappa shape index (κ1) is 10.2. The number of rotatable bonds is 2. The normalized spacial score (nSPS) is 48.2. The van der Waals surface area contributed by atoms with Crippen molar-refractivity contribution in [3.8, 4) is 0 Å². The van der Waals surface area contributed by atoms with Crippen LogP contribution in [0.1, 0.15) is 20.8 Å². The van der Waals surface area contributed by atoms with Gasteiger partial charge in [-0.2, -0.15) is 0 Å². The largest absolute Gasteiger partial charge is 0.477 e. The molecule has 0 amide bonds. The lowest BCUT2D eigenvalue weighted by atomic mass is 10.2. The molecule has 3 atom stereocenters. The van der Waals surface area contributed by atoms with Gasteiger partial charge in [0.05, 0.1) is 6.61 Å². The Bertz CT molecular complexity index is 218. The fourth-order valence-electron chi connectivity index (χ4n) is 0.850. The maximum atomic E-state index is 11.5. The van der Waals surface area contributed by atoms with Crippen molar-refractivity contribution in [1.82, 2.24) is 0 Å². The van der Waals surface area contributed by atoms with Gasteiger partial charge in [-0.25, -0.2) is 4.57 Å². The van der Waals surface area contributed by atoms with Crippen LogP contribution in [0.3, 0.4) is 0 Å². The molecule has 12 heavy (non-hydrogen) atoms. The van der Waals surface area contributed by atoms with Crippen molar-refractivity contribution >= 4 is 7.82 Å². The van der Waals surface area contributed by atoms with Crippen molar-refractivity contribution in [1.29, 1.82) is 0 Å². The third-order valence-electron chi connectivity index (χ3n) is 1.69. The van der Waals surface area contributed by atoms with Crippen molar-refractivity contribution in [2.24, 2.45) is 5.73 Å². The van der Waals surface area contributed by atoms with E-state index in [4.69, 9.17) is 19.3 Å². The molecule has 1 aliphatic rings. The van der Waals surface area contributed by atoms with Gasteiger partial charge in [0.25, 0.3) is 0 Å². The van der Waals surface area contributed by atoms with Gasteiger partial charge in [0, 0.05) is 0 Å². The van der Waals surface area contributed by atoms with Crippen LogP contribution in [0.25, 0.3) is 0 Å². The van der Waals surface area contributed by atoms with Gasteiger partial charge < -0.3 is 5.73 Å². The minimum absolute atomic E-state index is 0.278. The van der Waals surface area contributed by atoms with Crippen LogP contribution in [0, 0.1) is 0 Å². The lowest BCUT2D eigenvalue weighted by Crippen LogP contribution is -2.43. The summed E-state index contributed by atoms with van der Waals surface area (Å²) in [4.78, 5) is 0. The van der Waals surface area contributed by atoms with Crippen molar-refractivity contribution < 1.29 is 18.1 Å². The minimum atomic E-state index is -3.37. The standard InChI is InChI=1S/C6H14NO4P/c1-4-9-12(8)10-5(2)6(3,7)11-12/h5H,4,7H2,1-3H3. The topological polar surface area (TPSA) is 70.8 Å². The van der Waals surface area contributed by atoms with Crippen LogP contribution in [0.5, 0.6) is 0 Å². The fourth-order valence-corrected chi connectivity index (χ4v) is 2.55. The van der Waals surface area contributed by atoms with Crippen LogP contribution >= 0.6 is 7.82 Å². The van der Waals surface area contributed by atoms with Gasteiger partial charge in [-0.3, -0.25) is 13.6 Å². The monoisotopic (exact) mass is 195 g/mol. The maximum Gasteiger partial charge on any atom is 0.477 e. The molecular weight excluding hydrogens is 181 g/mol. The predicted octanol–water partition coefficient (Wildman–Crippen LogP) is 1.24. The van der Waals surface area contributed by atoms with Gasteiger partial charge in [-0.15, -0.1) is 0 Å². The van der Waals surface area contributed by atoms with Crippen LogP contribution in [0.15, 0.2) is 0 Å². The molecule has 6 heteroatoms. The Labute approximate surface area is 71.8 Å². The van der Waals surface area contributed by atoms with Gasteiger partial charge in [0.1, 0.15) is 6.10 Å². The number of hydrogen-bond donors (Lipinski definition) is 1. The highest BCUT2D eigenvalue weighted by Gasteiger charge is 2.49. The molecule has 5 nitrogen and oxygen atoms in total. The zero-order valence-electron chi connectivity index (χ0n) is 7.44. The molecule has 72 valence electrons. The molecule has 1 fully saturated rings. The molecule has 1 rings (SSSR count). The van der Waals surface area contributed by atoms with Crippen molar-refractivity contribution in [2.45, 2.75) is 32.6 Å². The summed E-state index contributed by atoms with van der Waals surface area (Å²) in [5, 5.41) is 0. The summed E-state index contributed by atoms with van der Waals surface area (Å²) in [6, 6.07) is 0. The van der Waals surface area contributed by atoms with Crippen molar-refractivity contribution in [2.75, 3.05) is 6.61 Å². The van der Waals surface area contributed by atoms with Crippen LogP contribution in [-0.2, 0) is 18.1 Å². The Morgan fingerprint density at radius 1 is 1.75 bits per heavy atom. The van der Waals surface area contributed by atoms with Gasteiger partial charge in [0.15, 0.2) is 5.72 Å². The Kier molecular flexibility index (Phi) is 2.61. The molecule has 1 aliphatic heterocycles. The lowest BCUT2D eigenvalue weighted by Gasteiger charge is -2.18. The zero-order chi connectivity index (χ0) is 9.41. The summed E-state index contributed by atoms with van der Waals surface area (Å²) in [7, 11) is -3.37. The lowest BCUT2D eigenvalue weighted by molar-refractivity contribution is 0.0686. The highest BCUT2D eigenvalue weighted by Crippen LogP contribution is 2.59. The second-order valence-corrected chi connectivity index (χ2v) is 4.43. The van der Waals surface area contributed by atoms with Crippen LogP contribution in [0.4, 0.5) is 0 Å². The molecule has 0 bridgehead atoms. The van der Waals surface area contributed by atoms with Crippen LogP contribution in [-0.4, -0.2) is 18.4 Å². The molecule has 0 saturated carbocycles. The minimum Gasteiger partial charge on any atom is -0.301 e. The van der Waals surface area contributed by atoms with E-state index < -0.39 is 19.7 Å². The smallest absolute Gasteiger partial charge is 0.301 e. The Balaban J connectivity index is 2.71. The summed E-state index contributed by atoms with van der Waals surface area (Å²) >= 11 is 0. The fraction of sp³-hybridized carbons (Fsp3) is 1.00. The average molecular weight is 195 g/mol. The van der Waals surface area contributed by atoms with E-state index in [1.807, 2.05) is 0 Å². The Hall–Kier alpha value is 0.0700.